The Morgan fingerprint density at radius 2 is 1.68 bits per heavy atom. The normalized spacial score (nSPS) is 14.9. The van der Waals surface area contributed by atoms with E-state index in [0.717, 1.165) is 0 Å². The highest BCUT2D eigenvalue weighted by Gasteiger charge is 2.27. The first-order valence-electron chi connectivity index (χ1n) is 9.96. The van der Waals surface area contributed by atoms with Crippen molar-refractivity contribution in [3.05, 3.63) is 46.8 Å². The molecule has 1 N–H and O–H groups in total. The lowest BCUT2D eigenvalue weighted by atomic mass is 10.1. The Labute approximate surface area is 181 Å². The number of carbonyl (C=O) groups is 2. The number of ketones is 1. The summed E-state index contributed by atoms with van der Waals surface area (Å²) in [6.45, 7) is 6.36. The number of Topliss-reactive ketones (excluding diaryl/α,β-unsaturated/α-hetero) is 1. The second kappa shape index (κ2) is 9.63. The van der Waals surface area contributed by atoms with E-state index in [2.05, 4.69) is 4.98 Å². The summed E-state index contributed by atoms with van der Waals surface area (Å²) in [6, 6.07) is 5.89. The second-order valence-electron chi connectivity index (χ2n) is 7.05. The maximum atomic E-state index is 12.7. The number of aryl methyl sites for hydroxylation is 2. The molecule has 0 radical (unpaired) electrons. The number of rotatable bonds is 8. The molecule has 1 fully saturated rings. The molecule has 1 aliphatic heterocycles. The molecular formula is C21H26N2O7S. The number of nitrogens with zero attached hydrogens (tertiary/aromatic N) is 1. The third-order valence-electron chi connectivity index (χ3n) is 4.93. The molecule has 2 heterocycles. The van der Waals surface area contributed by atoms with Crippen molar-refractivity contribution < 1.29 is 32.2 Å². The predicted octanol–water partition coefficient (Wildman–Crippen LogP) is 2.09. The van der Waals surface area contributed by atoms with Crippen molar-refractivity contribution in [3.63, 3.8) is 0 Å². The van der Waals surface area contributed by atoms with Gasteiger partial charge in [-0.15, -0.1) is 0 Å². The fourth-order valence-corrected chi connectivity index (χ4v) is 4.86. The van der Waals surface area contributed by atoms with Crippen LogP contribution >= 0.6 is 0 Å². The molecule has 9 nitrogen and oxygen atoms in total. The van der Waals surface area contributed by atoms with E-state index in [9.17, 15) is 18.0 Å². The highest BCUT2D eigenvalue weighted by atomic mass is 32.2. The quantitative estimate of drug-likeness (QED) is 0.484. The zero-order valence-electron chi connectivity index (χ0n) is 17.8. The van der Waals surface area contributed by atoms with Gasteiger partial charge in [0.1, 0.15) is 5.75 Å². The van der Waals surface area contributed by atoms with Gasteiger partial charge in [0, 0.05) is 24.5 Å². The molecule has 0 spiro atoms. The molecule has 1 aromatic carbocycles. The van der Waals surface area contributed by atoms with E-state index >= 15 is 0 Å². The van der Waals surface area contributed by atoms with Crippen molar-refractivity contribution in [1.29, 1.82) is 0 Å². The number of H-pyrrole nitrogens is 1. The lowest BCUT2D eigenvalue weighted by Gasteiger charge is -2.26. The van der Waals surface area contributed by atoms with Gasteiger partial charge in [0.05, 0.1) is 35.8 Å². The van der Waals surface area contributed by atoms with E-state index in [1.807, 2.05) is 0 Å². The standard InChI is InChI=1S/C21H26N2O7S/c1-4-29-21(25)20-15(3)22-14(2)19(20)18(24)13-30-16-5-7-17(8-6-16)31(26,27)23-9-11-28-12-10-23/h5-8,22H,4,9-13H2,1-3H3. The number of aromatic amines is 1. The van der Waals surface area contributed by atoms with Crippen LogP contribution in [0.2, 0.25) is 0 Å². The van der Waals surface area contributed by atoms with E-state index in [0.29, 0.717) is 43.4 Å². The Morgan fingerprint density at radius 1 is 1.06 bits per heavy atom. The number of morpholine rings is 1. The van der Waals surface area contributed by atoms with E-state index in [1.54, 1.807) is 20.8 Å². The minimum Gasteiger partial charge on any atom is -0.485 e. The Balaban J connectivity index is 1.70. The highest BCUT2D eigenvalue weighted by Crippen LogP contribution is 2.23. The molecule has 168 valence electrons. The smallest absolute Gasteiger partial charge is 0.340 e. The van der Waals surface area contributed by atoms with Crippen LogP contribution in [0.15, 0.2) is 29.2 Å². The van der Waals surface area contributed by atoms with Gasteiger partial charge in [-0.1, -0.05) is 0 Å². The fraction of sp³-hybridized carbons (Fsp3) is 0.429. The fourth-order valence-electron chi connectivity index (χ4n) is 3.45. The number of carbonyl (C=O) groups excluding carboxylic acids is 2. The summed E-state index contributed by atoms with van der Waals surface area (Å²) in [5.74, 6) is -0.600. The average Bonchev–Trinajstić information content (AvgIpc) is 3.07. The Bertz CT molecular complexity index is 1050. The number of esters is 1. The Hall–Kier alpha value is -2.69. The number of ether oxygens (including phenoxy) is 3. The minimum atomic E-state index is -3.60. The largest absolute Gasteiger partial charge is 0.485 e. The van der Waals surface area contributed by atoms with Crippen molar-refractivity contribution in [2.45, 2.75) is 25.7 Å². The van der Waals surface area contributed by atoms with E-state index in [-0.39, 0.29) is 35.0 Å². The molecular weight excluding hydrogens is 424 g/mol. The lowest BCUT2D eigenvalue weighted by molar-refractivity contribution is 0.0522. The number of aromatic nitrogens is 1. The van der Waals surface area contributed by atoms with Gasteiger partial charge in [-0.2, -0.15) is 4.31 Å². The number of sulfonamides is 1. The van der Waals surface area contributed by atoms with Gasteiger partial charge in [-0.25, -0.2) is 13.2 Å². The van der Waals surface area contributed by atoms with Crippen LogP contribution in [0.3, 0.4) is 0 Å². The second-order valence-corrected chi connectivity index (χ2v) is 8.98. The summed E-state index contributed by atoms with van der Waals surface area (Å²) in [5.41, 5.74) is 1.56. The molecule has 0 aliphatic carbocycles. The summed E-state index contributed by atoms with van der Waals surface area (Å²) < 4.78 is 42.5. The van der Waals surface area contributed by atoms with Crippen LogP contribution in [0.25, 0.3) is 0 Å². The number of benzene rings is 1. The monoisotopic (exact) mass is 450 g/mol. The van der Waals surface area contributed by atoms with E-state index in [1.165, 1.54) is 28.6 Å². The zero-order valence-corrected chi connectivity index (χ0v) is 18.6. The molecule has 31 heavy (non-hydrogen) atoms. The summed E-state index contributed by atoms with van der Waals surface area (Å²) >= 11 is 0. The van der Waals surface area contributed by atoms with Crippen LogP contribution in [0.1, 0.15) is 39.0 Å². The molecule has 2 aromatic rings. The Kier molecular flexibility index (Phi) is 7.14. The molecule has 0 amide bonds. The summed E-state index contributed by atoms with van der Waals surface area (Å²) in [7, 11) is -3.60. The summed E-state index contributed by atoms with van der Waals surface area (Å²) in [6.07, 6.45) is 0. The maximum Gasteiger partial charge on any atom is 0.340 e. The first kappa shape index (κ1) is 23.0. The predicted molar refractivity (Wildman–Crippen MR) is 112 cm³/mol. The van der Waals surface area contributed by atoms with Crippen LogP contribution in [0, 0.1) is 13.8 Å². The third kappa shape index (κ3) is 4.97. The highest BCUT2D eigenvalue weighted by molar-refractivity contribution is 7.89. The zero-order chi connectivity index (χ0) is 22.6. The van der Waals surface area contributed by atoms with Crippen LogP contribution in [-0.4, -0.2) is 69.0 Å². The van der Waals surface area contributed by atoms with Gasteiger partial charge < -0.3 is 19.2 Å². The van der Waals surface area contributed by atoms with Crippen molar-refractivity contribution in [2.24, 2.45) is 0 Å². The van der Waals surface area contributed by atoms with Gasteiger partial charge in [-0.3, -0.25) is 4.79 Å². The summed E-state index contributed by atoms with van der Waals surface area (Å²) in [4.78, 5) is 28.1. The first-order valence-corrected chi connectivity index (χ1v) is 11.4. The topological polar surface area (TPSA) is 115 Å². The molecule has 1 aliphatic rings. The molecule has 3 rings (SSSR count). The molecule has 0 bridgehead atoms. The Morgan fingerprint density at radius 3 is 2.29 bits per heavy atom. The van der Waals surface area contributed by atoms with Crippen molar-refractivity contribution in [1.82, 2.24) is 9.29 Å². The van der Waals surface area contributed by atoms with Gasteiger partial charge in [0.15, 0.2) is 6.61 Å². The molecule has 10 heteroatoms. The number of hydrogen-bond donors (Lipinski definition) is 1. The molecule has 1 saturated heterocycles. The van der Waals surface area contributed by atoms with Crippen molar-refractivity contribution in [2.75, 3.05) is 39.5 Å². The van der Waals surface area contributed by atoms with Crippen LogP contribution < -0.4 is 4.74 Å². The first-order chi connectivity index (χ1) is 14.8. The van der Waals surface area contributed by atoms with Gasteiger partial charge in [0.2, 0.25) is 15.8 Å². The molecule has 0 unspecified atom stereocenters. The third-order valence-corrected chi connectivity index (χ3v) is 6.85. The van der Waals surface area contributed by atoms with Crippen molar-refractivity contribution >= 4 is 21.8 Å². The molecule has 1 aromatic heterocycles. The van der Waals surface area contributed by atoms with Crippen molar-refractivity contribution in [3.8, 4) is 5.75 Å². The number of nitrogens with one attached hydrogen (secondary N) is 1. The van der Waals surface area contributed by atoms with Gasteiger partial charge in [-0.05, 0) is 45.0 Å². The van der Waals surface area contributed by atoms with E-state index in [4.69, 9.17) is 14.2 Å². The summed E-state index contributed by atoms with van der Waals surface area (Å²) in [5, 5.41) is 0. The molecule has 0 saturated carbocycles. The lowest BCUT2D eigenvalue weighted by Crippen LogP contribution is -2.40. The SMILES string of the molecule is CCOC(=O)c1c(C)[nH]c(C)c1C(=O)COc1ccc(S(=O)(=O)N2CCOCC2)cc1. The number of hydrogen-bond acceptors (Lipinski definition) is 7. The average molecular weight is 451 g/mol. The minimum absolute atomic E-state index is 0.148. The van der Waals surface area contributed by atoms with Gasteiger partial charge in [0.25, 0.3) is 0 Å². The van der Waals surface area contributed by atoms with Crippen LogP contribution in [0.4, 0.5) is 0 Å². The molecule has 0 atom stereocenters. The van der Waals surface area contributed by atoms with Crippen LogP contribution in [0.5, 0.6) is 5.75 Å². The maximum absolute atomic E-state index is 12.7. The van der Waals surface area contributed by atoms with Crippen LogP contribution in [-0.2, 0) is 19.5 Å². The van der Waals surface area contributed by atoms with E-state index < -0.39 is 16.0 Å². The van der Waals surface area contributed by atoms with Gasteiger partial charge >= 0.3 is 5.97 Å².